The first-order valence-corrected chi connectivity index (χ1v) is 12.4. The molecular weight excluding hydrogens is 404 g/mol. The first-order chi connectivity index (χ1) is 15.5. The number of nitrogens with zero attached hydrogens (tertiary/aromatic N) is 4. The smallest absolute Gasteiger partial charge is 0.225 e. The highest BCUT2D eigenvalue weighted by atomic mass is 16.4. The number of aromatic nitrogens is 1. The Kier molecular flexibility index (Phi) is 7.71. The van der Waals surface area contributed by atoms with E-state index in [2.05, 4.69) is 30.4 Å². The van der Waals surface area contributed by atoms with Crippen molar-refractivity contribution < 1.29 is 9.21 Å². The number of oxazole rings is 1. The van der Waals surface area contributed by atoms with Gasteiger partial charge < -0.3 is 20.0 Å². The molecule has 2 N–H and O–H groups in total. The maximum atomic E-state index is 12.7. The largest absolute Gasteiger partial charge is 0.444 e. The summed E-state index contributed by atoms with van der Waals surface area (Å²) in [6.07, 6.45) is 7.89. The van der Waals surface area contributed by atoms with Crippen molar-refractivity contribution >= 4 is 11.9 Å². The van der Waals surface area contributed by atoms with Gasteiger partial charge >= 0.3 is 0 Å². The first-order valence-electron chi connectivity index (χ1n) is 12.4. The number of amides is 1. The number of carbonyl (C=O) groups excluding carboxylic acids is 1. The molecule has 1 saturated carbocycles. The van der Waals surface area contributed by atoms with Gasteiger partial charge in [-0.3, -0.25) is 14.7 Å². The highest BCUT2D eigenvalue weighted by Gasteiger charge is 2.32. The van der Waals surface area contributed by atoms with Gasteiger partial charge in [0.15, 0.2) is 5.96 Å². The molecule has 32 heavy (non-hydrogen) atoms. The summed E-state index contributed by atoms with van der Waals surface area (Å²) in [6.45, 7) is 9.51. The lowest BCUT2D eigenvalue weighted by Crippen LogP contribution is -2.47. The molecule has 0 radical (unpaired) electrons. The van der Waals surface area contributed by atoms with Crippen molar-refractivity contribution in [2.75, 3.05) is 39.8 Å². The number of aliphatic imine (C=N–C) groups is 1. The van der Waals surface area contributed by atoms with Crippen molar-refractivity contribution in [3.63, 3.8) is 0 Å². The van der Waals surface area contributed by atoms with Crippen LogP contribution in [-0.2, 0) is 11.3 Å². The van der Waals surface area contributed by atoms with E-state index < -0.39 is 0 Å². The maximum Gasteiger partial charge on any atom is 0.225 e. The van der Waals surface area contributed by atoms with E-state index in [-0.39, 0.29) is 5.92 Å². The molecule has 1 aromatic rings. The van der Waals surface area contributed by atoms with Crippen molar-refractivity contribution in [1.29, 1.82) is 0 Å². The molecule has 0 bridgehead atoms. The van der Waals surface area contributed by atoms with E-state index in [4.69, 9.17) is 4.42 Å². The fraction of sp³-hybridized carbons (Fsp3) is 0.792. The van der Waals surface area contributed by atoms with Gasteiger partial charge in [0.05, 0.1) is 12.2 Å². The van der Waals surface area contributed by atoms with E-state index in [1.165, 1.54) is 12.8 Å². The van der Waals surface area contributed by atoms with Gasteiger partial charge in [-0.2, -0.15) is 0 Å². The predicted molar refractivity (Wildman–Crippen MR) is 125 cm³/mol. The van der Waals surface area contributed by atoms with Crippen molar-refractivity contribution in [3.8, 4) is 0 Å². The molecule has 8 heteroatoms. The second kappa shape index (κ2) is 10.7. The number of nitrogens with one attached hydrogen (secondary N) is 2. The lowest BCUT2D eigenvalue weighted by Gasteiger charge is -2.31. The van der Waals surface area contributed by atoms with Gasteiger partial charge in [-0.05, 0) is 65.0 Å². The molecule has 1 amide bonds. The van der Waals surface area contributed by atoms with Gasteiger partial charge in [0, 0.05) is 38.6 Å². The van der Waals surface area contributed by atoms with Crippen LogP contribution in [0.4, 0.5) is 0 Å². The average Bonchev–Trinajstić information content (AvgIpc) is 3.54. The molecule has 1 aliphatic carbocycles. The molecule has 3 fully saturated rings. The Hall–Kier alpha value is -2.09. The zero-order valence-corrected chi connectivity index (χ0v) is 20.0. The third kappa shape index (κ3) is 5.82. The Balaban J connectivity index is 1.15. The van der Waals surface area contributed by atoms with E-state index in [9.17, 15) is 4.79 Å². The minimum absolute atomic E-state index is 0.272. The van der Waals surface area contributed by atoms with E-state index in [1.54, 1.807) is 0 Å². The van der Waals surface area contributed by atoms with Gasteiger partial charge in [-0.15, -0.1) is 0 Å². The minimum Gasteiger partial charge on any atom is -0.444 e. The summed E-state index contributed by atoms with van der Waals surface area (Å²) in [7, 11) is 1.83. The summed E-state index contributed by atoms with van der Waals surface area (Å²) in [5.41, 5.74) is 0.992. The zero-order chi connectivity index (χ0) is 22.5. The van der Waals surface area contributed by atoms with E-state index in [0.29, 0.717) is 17.9 Å². The molecule has 8 nitrogen and oxygen atoms in total. The quantitative estimate of drug-likeness (QED) is 0.518. The molecule has 1 aromatic heterocycles. The number of aryl methyl sites for hydroxylation is 2. The van der Waals surface area contributed by atoms with Gasteiger partial charge in [0.25, 0.3) is 0 Å². The summed E-state index contributed by atoms with van der Waals surface area (Å²) in [5.74, 6) is 3.90. The summed E-state index contributed by atoms with van der Waals surface area (Å²) in [4.78, 5) is 26.1. The monoisotopic (exact) mass is 444 g/mol. The fourth-order valence-corrected chi connectivity index (χ4v) is 5.28. The van der Waals surface area contributed by atoms with Crippen molar-refractivity contribution in [1.82, 2.24) is 25.4 Å². The van der Waals surface area contributed by atoms with E-state index in [0.717, 1.165) is 94.7 Å². The maximum absolute atomic E-state index is 12.7. The summed E-state index contributed by atoms with van der Waals surface area (Å²) >= 11 is 0. The number of hydrogen-bond donors (Lipinski definition) is 2. The Morgan fingerprint density at radius 3 is 2.53 bits per heavy atom. The molecule has 2 saturated heterocycles. The predicted octanol–water partition coefficient (Wildman–Crippen LogP) is 2.46. The molecule has 2 aliphatic heterocycles. The van der Waals surface area contributed by atoms with Gasteiger partial charge in [0.1, 0.15) is 5.76 Å². The second-order valence-corrected chi connectivity index (χ2v) is 9.82. The third-order valence-electron chi connectivity index (χ3n) is 7.47. The Labute approximate surface area is 192 Å². The van der Waals surface area contributed by atoms with Crippen LogP contribution in [0.1, 0.15) is 62.3 Å². The molecule has 0 aromatic carbocycles. The molecule has 178 valence electrons. The van der Waals surface area contributed by atoms with Crippen LogP contribution in [0, 0.1) is 25.7 Å². The number of carbonyl (C=O) groups is 1. The average molecular weight is 445 g/mol. The number of likely N-dealkylation sites (tertiary alicyclic amines) is 2. The standard InChI is InChI=1S/C24H40N6O2/c1-17-18(2)32-22(27-17)16-29-11-8-19(9-12-29)14-26-24(25-3)28-21-10-13-30(15-21)23(31)20-6-4-5-7-20/h19-21H,4-16H2,1-3H3,(H2,25,26,28). The number of hydrogen-bond acceptors (Lipinski definition) is 5. The van der Waals surface area contributed by atoms with Gasteiger partial charge in [-0.25, -0.2) is 4.98 Å². The van der Waals surface area contributed by atoms with Gasteiger partial charge in [-0.1, -0.05) is 12.8 Å². The Bertz CT molecular complexity index is 773. The van der Waals surface area contributed by atoms with Crippen LogP contribution in [0.5, 0.6) is 0 Å². The summed E-state index contributed by atoms with van der Waals surface area (Å²) in [6, 6.07) is 0.293. The SMILES string of the molecule is CN=C(NCC1CCN(Cc2nc(C)c(C)o2)CC1)NC1CCN(C(=O)C2CCCC2)C1. The van der Waals surface area contributed by atoms with Crippen molar-refractivity contribution in [2.45, 2.75) is 71.4 Å². The number of piperidine rings is 1. The lowest BCUT2D eigenvalue weighted by atomic mass is 9.97. The van der Waals surface area contributed by atoms with Crippen LogP contribution < -0.4 is 10.6 Å². The van der Waals surface area contributed by atoms with Crippen molar-refractivity contribution in [2.24, 2.45) is 16.8 Å². The zero-order valence-electron chi connectivity index (χ0n) is 20.0. The topological polar surface area (TPSA) is 86.0 Å². The molecule has 1 unspecified atom stereocenters. The fourth-order valence-electron chi connectivity index (χ4n) is 5.28. The molecular formula is C24H40N6O2. The summed E-state index contributed by atoms with van der Waals surface area (Å²) in [5, 5.41) is 7.07. The van der Waals surface area contributed by atoms with Crippen LogP contribution in [0.3, 0.4) is 0 Å². The van der Waals surface area contributed by atoms with Gasteiger partial charge in [0.2, 0.25) is 11.8 Å². The first kappa shape index (κ1) is 23.1. The minimum atomic E-state index is 0.272. The third-order valence-corrected chi connectivity index (χ3v) is 7.47. The van der Waals surface area contributed by atoms with Crippen molar-refractivity contribution in [3.05, 3.63) is 17.3 Å². The second-order valence-electron chi connectivity index (χ2n) is 9.82. The van der Waals surface area contributed by atoms with Crippen LogP contribution in [0.2, 0.25) is 0 Å². The molecule has 3 aliphatic rings. The molecule has 1 atom stereocenters. The lowest BCUT2D eigenvalue weighted by molar-refractivity contribution is -0.134. The van der Waals surface area contributed by atoms with Crippen LogP contribution >= 0.6 is 0 Å². The normalized spacial score (nSPS) is 23.8. The van der Waals surface area contributed by atoms with E-state index >= 15 is 0 Å². The van der Waals surface area contributed by atoms with Crippen LogP contribution in [-0.4, -0.2) is 72.5 Å². The molecule has 3 heterocycles. The number of rotatable bonds is 6. The molecule has 4 rings (SSSR count). The highest BCUT2D eigenvalue weighted by Crippen LogP contribution is 2.28. The Morgan fingerprint density at radius 1 is 1.12 bits per heavy atom. The van der Waals surface area contributed by atoms with Crippen LogP contribution in [0.15, 0.2) is 9.41 Å². The summed E-state index contributed by atoms with van der Waals surface area (Å²) < 4.78 is 5.74. The molecule has 0 spiro atoms. The van der Waals surface area contributed by atoms with E-state index in [1.807, 2.05) is 20.9 Å². The number of guanidine groups is 1. The van der Waals surface area contributed by atoms with Crippen LogP contribution in [0.25, 0.3) is 0 Å². The Morgan fingerprint density at radius 2 is 1.88 bits per heavy atom. The highest BCUT2D eigenvalue weighted by molar-refractivity contribution is 5.81.